The number of carbonyl (C=O) groups excluding carboxylic acids is 2. The van der Waals surface area contributed by atoms with Crippen molar-refractivity contribution in [1.82, 2.24) is 5.43 Å². The lowest BCUT2D eigenvalue weighted by Crippen LogP contribution is -2.20. The molecule has 0 atom stereocenters. The van der Waals surface area contributed by atoms with Crippen LogP contribution in [-0.4, -0.2) is 18.0 Å². The summed E-state index contributed by atoms with van der Waals surface area (Å²) in [5, 5.41) is 7.06. The Labute approximate surface area is 139 Å². The molecule has 2 N–H and O–H groups in total. The molecule has 0 saturated carbocycles. The summed E-state index contributed by atoms with van der Waals surface area (Å²) in [7, 11) is 0. The molecule has 5 nitrogen and oxygen atoms in total. The molecular formula is C17H16ClN3O2. The van der Waals surface area contributed by atoms with Gasteiger partial charge in [-0.3, -0.25) is 9.59 Å². The predicted molar refractivity (Wildman–Crippen MR) is 91.5 cm³/mol. The Bertz CT molecular complexity index is 702. The van der Waals surface area contributed by atoms with Crippen molar-refractivity contribution in [2.24, 2.45) is 5.10 Å². The van der Waals surface area contributed by atoms with E-state index in [2.05, 4.69) is 15.8 Å². The van der Waals surface area contributed by atoms with Gasteiger partial charge >= 0.3 is 0 Å². The summed E-state index contributed by atoms with van der Waals surface area (Å²) in [5.74, 6) is -0.576. The number of hydrogen-bond donors (Lipinski definition) is 2. The Morgan fingerprint density at radius 1 is 1.00 bits per heavy atom. The molecule has 0 saturated heterocycles. The maximum Gasteiger partial charge on any atom is 0.240 e. The van der Waals surface area contributed by atoms with Gasteiger partial charge in [-0.1, -0.05) is 48.0 Å². The molecular weight excluding hydrogens is 314 g/mol. The van der Waals surface area contributed by atoms with Crippen LogP contribution in [0.4, 0.5) is 5.69 Å². The van der Waals surface area contributed by atoms with Crippen LogP contribution in [0.15, 0.2) is 59.7 Å². The summed E-state index contributed by atoms with van der Waals surface area (Å²) in [6.45, 7) is 0. The van der Waals surface area contributed by atoms with Crippen LogP contribution in [-0.2, 0) is 9.59 Å². The van der Waals surface area contributed by atoms with Gasteiger partial charge < -0.3 is 5.32 Å². The second-order valence-corrected chi connectivity index (χ2v) is 5.20. The van der Waals surface area contributed by atoms with Crippen LogP contribution in [0.25, 0.3) is 0 Å². The van der Waals surface area contributed by atoms with E-state index >= 15 is 0 Å². The molecule has 0 unspecified atom stereocenters. The van der Waals surface area contributed by atoms with Crippen LogP contribution in [0.1, 0.15) is 18.4 Å². The average Bonchev–Trinajstić information content (AvgIpc) is 2.54. The highest BCUT2D eigenvalue weighted by molar-refractivity contribution is 6.30. The highest BCUT2D eigenvalue weighted by Gasteiger charge is 2.06. The number of carbonyl (C=O) groups is 2. The largest absolute Gasteiger partial charge is 0.326 e. The number of rotatable bonds is 6. The molecule has 2 rings (SSSR count). The third kappa shape index (κ3) is 6.32. The summed E-state index contributed by atoms with van der Waals surface area (Å²) < 4.78 is 0. The second-order valence-electron chi connectivity index (χ2n) is 4.76. The number of nitrogens with one attached hydrogen (secondary N) is 2. The van der Waals surface area contributed by atoms with Crippen LogP contribution in [0.3, 0.4) is 0 Å². The fourth-order valence-corrected chi connectivity index (χ4v) is 1.98. The maximum atomic E-state index is 11.8. The minimum absolute atomic E-state index is 0.0541. The Kier molecular flexibility index (Phi) is 6.32. The molecule has 2 aromatic carbocycles. The van der Waals surface area contributed by atoms with Gasteiger partial charge in [0.1, 0.15) is 0 Å². The molecule has 2 amide bonds. The van der Waals surface area contributed by atoms with Gasteiger partial charge in [-0.15, -0.1) is 0 Å². The molecule has 0 radical (unpaired) electrons. The highest BCUT2D eigenvalue weighted by atomic mass is 35.5. The number of nitrogens with zero attached hydrogens (tertiary/aromatic N) is 1. The zero-order valence-corrected chi connectivity index (χ0v) is 13.1. The summed E-state index contributed by atoms with van der Waals surface area (Å²) in [5.41, 5.74) is 3.87. The minimum atomic E-state index is -0.321. The van der Waals surface area contributed by atoms with Gasteiger partial charge in [-0.05, 0) is 23.8 Å². The van der Waals surface area contributed by atoms with E-state index in [9.17, 15) is 9.59 Å². The fraction of sp³-hybridized carbons (Fsp3) is 0.118. The molecule has 0 heterocycles. The van der Waals surface area contributed by atoms with Gasteiger partial charge in [0.05, 0.1) is 6.21 Å². The number of amides is 2. The van der Waals surface area contributed by atoms with Crippen molar-refractivity contribution < 1.29 is 9.59 Å². The SMILES string of the molecule is O=C(CCC(=O)Nc1cccc(Cl)c1)N/N=C/c1ccccc1. The first-order valence-electron chi connectivity index (χ1n) is 7.06. The molecule has 0 bridgehead atoms. The zero-order valence-electron chi connectivity index (χ0n) is 12.3. The number of halogens is 1. The van der Waals surface area contributed by atoms with E-state index in [0.29, 0.717) is 10.7 Å². The molecule has 0 aliphatic carbocycles. The Morgan fingerprint density at radius 3 is 2.48 bits per heavy atom. The molecule has 0 aliphatic rings. The lowest BCUT2D eigenvalue weighted by atomic mass is 10.2. The normalized spacial score (nSPS) is 10.5. The van der Waals surface area contributed by atoms with Crippen molar-refractivity contribution in [3.63, 3.8) is 0 Å². The van der Waals surface area contributed by atoms with Crippen molar-refractivity contribution in [1.29, 1.82) is 0 Å². The molecule has 0 spiro atoms. The molecule has 23 heavy (non-hydrogen) atoms. The molecule has 118 valence electrons. The summed E-state index contributed by atoms with van der Waals surface area (Å²) in [4.78, 5) is 23.4. The van der Waals surface area contributed by atoms with Crippen molar-refractivity contribution >= 4 is 35.3 Å². The van der Waals surface area contributed by atoms with Gasteiger partial charge in [0, 0.05) is 23.6 Å². The maximum absolute atomic E-state index is 11.8. The van der Waals surface area contributed by atoms with Gasteiger partial charge in [0.2, 0.25) is 11.8 Å². The first kappa shape index (κ1) is 16.7. The molecule has 0 aliphatic heterocycles. The van der Waals surface area contributed by atoms with E-state index < -0.39 is 0 Å². The lowest BCUT2D eigenvalue weighted by Gasteiger charge is -2.05. The molecule has 0 aromatic heterocycles. The third-order valence-electron chi connectivity index (χ3n) is 2.89. The Balaban J connectivity index is 1.71. The third-order valence-corrected chi connectivity index (χ3v) is 3.13. The van der Waals surface area contributed by atoms with Crippen molar-refractivity contribution in [2.45, 2.75) is 12.8 Å². The van der Waals surface area contributed by atoms with Crippen LogP contribution in [0, 0.1) is 0 Å². The van der Waals surface area contributed by atoms with E-state index in [0.717, 1.165) is 5.56 Å². The van der Waals surface area contributed by atoms with Gasteiger partial charge in [-0.2, -0.15) is 5.10 Å². The van der Waals surface area contributed by atoms with Crippen LogP contribution in [0.5, 0.6) is 0 Å². The number of hydrogen-bond acceptors (Lipinski definition) is 3. The zero-order chi connectivity index (χ0) is 16.5. The quantitative estimate of drug-likeness (QED) is 0.631. The van der Waals surface area contributed by atoms with E-state index in [1.54, 1.807) is 30.5 Å². The number of anilines is 1. The van der Waals surface area contributed by atoms with Gasteiger partial charge in [0.25, 0.3) is 0 Å². The van der Waals surface area contributed by atoms with Crippen LogP contribution < -0.4 is 10.7 Å². The monoisotopic (exact) mass is 329 g/mol. The number of hydrazone groups is 1. The van der Waals surface area contributed by atoms with Gasteiger partial charge in [-0.25, -0.2) is 5.43 Å². The first-order valence-corrected chi connectivity index (χ1v) is 7.43. The van der Waals surface area contributed by atoms with Crippen molar-refractivity contribution in [2.75, 3.05) is 5.32 Å². The molecule has 0 fully saturated rings. The molecule has 6 heteroatoms. The van der Waals surface area contributed by atoms with E-state index in [1.165, 1.54) is 0 Å². The second kappa shape index (κ2) is 8.70. The average molecular weight is 330 g/mol. The minimum Gasteiger partial charge on any atom is -0.326 e. The molecule has 2 aromatic rings. The van der Waals surface area contributed by atoms with Crippen molar-refractivity contribution in [3.05, 3.63) is 65.2 Å². The number of benzene rings is 2. The summed E-state index contributed by atoms with van der Waals surface area (Å²) >= 11 is 5.83. The topological polar surface area (TPSA) is 70.6 Å². The smallest absolute Gasteiger partial charge is 0.240 e. The van der Waals surface area contributed by atoms with E-state index in [-0.39, 0.29) is 24.7 Å². The summed E-state index contributed by atoms with van der Waals surface area (Å²) in [6, 6.07) is 16.2. The Morgan fingerprint density at radius 2 is 1.74 bits per heavy atom. The predicted octanol–water partition coefficient (Wildman–Crippen LogP) is 3.21. The lowest BCUT2D eigenvalue weighted by molar-refractivity contribution is -0.124. The van der Waals surface area contributed by atoms with Crippen LogP contribution >= 0.6 is 11.6 Å². The van der Waals surface area contributed by atoms with Crippen LogP contribution in [0.2, 0.25) is 5.02 Å². The highest BCUT2D eigenvalue weighted by Crippen LogP contribution is 2.15. The first-order chi connectivity index (χ1) is 11.1. The van der Waals surface area contributed by atoms with E-state index in [1.807, 2.05) is 30.3 Å². The van der Waals surface area contributed by atoms with Crippen molar-refractivity contribution in [3.8, 4) is 0 Å². The summed E-state index contributed by atoms with van der Waals surface area (Å²) in [6.07, 6.45) is 1.67. The van der Waals surface area contributed by atoms with Gasteiger partial charge in [0.15, 0.2) is 0 Å². The standard InChI is InChI=1S/C17H16ClN3O2/c18-14-7-4-8-15(11-14)20-16(22)9-10-17(23)21-19-12-13-5-2-1-3-6-13/h1-8,11-12H,9-10H2,(H,20,22)(H,21,23)/b19-12+. The fourth-order valence-electron chi connectivity index (χ4n) is 1.79. The van der Waals surface area contributed by atoms with E-state index in [4.69, 9.17) is 11.6 Å². The Hall–Kier alpha value is -2.66.